The van der Waals surface area contributed by atoms with Gasteiger partial charge in [-0.25, -0.2) is 4.39 Å². The Morgan fingerprint density at radius 1 is 1.35 bits per heavy atom. The van der Waals surface area contributed by atoms with Crippen LogP contribution in [0, 0.1) is 11.7 Å². The standard InChI is InChI=1S/C17H23FN2O3/c1-2-23-17(22)14-4-3-9-20(11-14)12-16(21)19-10-13-5-7-15(18)8-6-13/h5-8,14H,2-4,9-12H2,1H3,(H,19,21)/t14-/m1/s1. The van der Waals surface area contributed by atoms with Crippen molar-refractivity contribution in [3.63, 3.8) is 0 Å². The molecule has 1 atom stereocenters. The summed E-state index contributed by atoms with van der Waals surface area (Å²) in [4.78, 5) is 25.8. The molecular formula is C17H23FN2O3. The highest BCUT2D eigenvalue weighted by atomic mass is 19.1. The molecule has 0 aliphatic carbocycles. The molecule has 126 valence electrons. The van der Waals surface area contributed by atoms with E-state index >= 15 is 0 Å². The Kier molecular flexibility index (Phi) is 6.52. The SMILES string of the molecule is CCOC(=O)[C@@H]1CCCN(CC(=O)NCc2ccc(F)cc2)C1. The second kappa shape index (κ2) is 8.62. The molecule has 1 aliphatic heterocycles. The molecule has 0 unspecified atom stereocenters. The average Bonchev–Trinajstić information content (AvgIpc) is 2.55. The van der Waals surface area contributed by atoms with Crippen LogP contribution in [0.1, 0.15) is 25.3 Å². The molecule has 0 spiro atoms. The molecule has 1 amide bonds. The first kappa shape index (κ1) is 17.4. The van der Waals surface area contributed by atoms with Crippen LogP contribution in [0.15, 0.2) is 24.3 Å². The Morgan fingerprint density at radius 2 is 2.09 bits per heavy atom. The van der Waals surface area contributed by atoms with Gasteiger partial charge in [0, 0.05) is 13.1 Å². The van der Waals surface area contributed by atoms with Crippen LogP contribution in [-0.4, -0.2) is 43.0 Å². The molecule has 5 nitrogen and oxygen atoms in total. The monoisotopic (exact) mass is 322 g/mol. The van der Waals surface area contributed by atoms with Crippen molar-refractivity contribution in [1.82, 2.24) is 10.2 Å². The van der Waals surface area contributed by atoms with Gasteiger partial charge in [0.25, 0.3) is 0 Å². The van der Waals surface area contributed by atoms with Gasteiger partial charge in [-0.15, -0.1) is 0 Å². The Bertz CT molecular complexity index is 533. The number of rotatable bonds is 6. The van der Waals surface area contributed by atoms with E-state index in [-0.39, 0.29) is 30.2 Å². The molecule has 1 aromatic rings. The highest BCUT2D eigenvalue weighted by molar-refractivity contribution is 5.78. The number of hydrogen-bond acceptors (Lipinski definition) is 4. The van der Waals surface area contributed by atoms with Crippen molar-refractivity contribution in [1.29, 1.82) is 0 Å². The highest BCUT2D eigenvalue weighted by Crippen LogP contribution is 2.17. The van der Waals surface area contributed by atoms with E-state index in [1.165, 1.54) is 12.1 Å². The molecule has 1 aromatic carbocycles. The maximum Gasteiger partial charge on any atom is 0.310 e. The largest absolute Gasteiger partial charge is 0.466 e. The first-order valence-corrected chi connectivity index (χ1v) is 7.98. The number of hydrogen-bond donors (Lipinski definition) is 1. The Balaban J connectivity index is 1.76. The van der Waals surface area contributed by atoms with Crippen LogP contribution < -0.4 is 5.32 Å². The molecule has 6 heteroatoms. The van der Waals surface area contributed by atoms with Crippen molar-refractivity contribution < 1.29 is 18.7 Å². The number of carbonyl (C=O) groups excluding carboxylic acids is 2. The van der Waals surface area contributed by atoms with Crippen molar-refractivity contribution in [2.24, 2.45) is 5.92 Å². The lowest BCUT2D eigenvalue weighted by atomic mass is 9.98. The van der Waals surface area contributed by atoms with Gasteiger partial charge in [0.15, 0.2) is 0 Å². The zero-order valence-corrected chi connectivity index (χ0v) is 13.4. The quantitative estimate of drug-likeness (QED) is 0.810. The lowest BCUT2D eigenvalue weighted by Crippen LogP contribution is -2.44. The third-order valence-corrected chi connectivity index (χ3v) is 3.90. The minimum atomic E-state index is -0.293. The number of ether oxygens (including phenoxy) is 1. The van der Waals surface area contributed by atoms with E-state index in [1.807, 2.05) is 4.90 Å². The summed E-state index contributed by atoms with van der Waals surface area (Å²) in [6.45, 7) is 4.17. The number of benzene rings is 1. The van der Waals surface area contributed by atoms with Gasteiger partial charge < -0.3 is 10.1 Å². The number of amides is 1. The van der Waals surface area contributed by atoms with Gasteiger partial charge in [-0.1, -0.05) is 12.1 Å². The predicted octanol–water partition coefficient (Wildman–Crippen LogP) is 1.72. The predicted molar refractivity (Wildman–Crippen MR) is 84.0 cm³/mol. The first-order chi connectivity index (χ1) is 11.1. The molecule has 1 saturated heterocycles. The number of carbonyl (C=O) groups is 2. The van der Waals surface area contributed by atoms with Gasteiger partial charge in [0.05, 0.1) is 19.1 Å². The molecule has 1 heterocycles. The van der Waals surface area contributed by atoms with Crippen LogP contribution in [0.5, 0.6) is 0 Å². The number of esters is 1. The summed E-state index contributed by atoms with van der Waals surface area (Å²) in [5, 5.41) is 2.82. The van der Waals surface area contributed by atoms with E-state index in [9.17, 15) is 14.0 Å². The van der Waals surface area contributed by atoms with Gasteiger partial charge >= 0.3 is 5.97 Å². The molecule has 1 aliphatic rings. The van der Waals surface area contributed by atoms with E-state index < -0.39 is 0 Å². The maximum atomic E-state index is 12.8. The second-order valence-electron chi connectivity index (χ2n) is 5.73. The van der Waals surface area contributed by atoms with Crippen molar-refractivity contribution in [2.45, 2.75) is 26.3 Å². The lowest BCUT2D eigenvalue weighted by Gasteiger charge is -2.30. The van der Waals surface area contributed by atoms with Crippen LogP contribution in [0.25, 0.3) is 0 Å². The highest BCUT2D eigenvalue weighted by Gasteiger charge is 2.27. The van der Waals surface area contributed by atoms with Crippen LogP contribution in [-0.2, 0) is 20.9 Å². The molecule has 2 rings (SSSR count). The maximum absolute atomic E-state index is 12.8. The lowest BCUT2D eigenvalue weighted by molar-refractivity contribution is -0.150. The third-order valence-electron chi connectivity index (χ3n) is 3.90. The van der Waals surface area contributed by atoms with E-state index in [0.717, 1.165) is 24.9 Å². The van der Waals surface area contributed by atoms with Crippen LogP contribution >= 0.6 is 0 Å². The zero-order chi connectivity index (χ0) is 16.7. The molecule has 1 fully saturated rings. The van der Waals surface area contributed by atoms with Crippen molar-refractivity contribution in [2.75, 3.05) is 26.2 Å². The summed E-state index contributed by atoms with van der Waals surface area (Å²) in [6.07, 6.45) is 1.70. The summed E-state index contributed by atoms with van der Waals surface area (Å²) in [6, 6.07) is 6.03. The van der Waals surface area contributed by atoms with Crippen LogP contribution in [0.2, 0.25) is 0 Å². The molecule has 0 saturated carbocycles. The van der Waals surface area contributed by atoms with Gasteiger partial charge in [0.1, 0.15) is 5.82 Å². The Morgan fingerprint density at radius 3 is 2.78 bits per heavy atom. The molecule has 0 bridgehead atoms. The topological polar surface area (TPSA) is 58.6 Å². The molecule has 1 N–H and O–H groups in total. The number of piperidine rings is 1. The van der Waals surface area contributed by atoms with E-state index in [4.69, 9.17) is 4.74 Å². The number of likely N-dealkylation sites (tertiary alicyclic amines) is 1. The van der Waals surface area contributed by atoms with Gasteiger partial charge in [-0.05, 0) is 44.0 Å². The van der Waals surface area contributed by atoms with Crippen LogP contribution in [0.3, 0.4) is 0 Å². The fraction of sp³-hybridized carbons (Fsp3) is 0.529. The molecule has 0 aromatic heterocycles. The van der Waals surface area contributed by atoms with Gasteiger partial charge in [0.2, 0.25) is 5.91 Å². The fourth-order valence-corrected chi connectivity index (χ4v) is 2.71. The smallest absolute Gasteiger partial charge is 0.310 e. The summed E-state index contributed by atoms with van der Waals surface area (Å²) in [7, 11) is 0. The number of nitrogens with one attached hydrogen (secondary N) is 1. The summed E-state index contributed by atoms with van der Waals surface area (Å²) in [5.41, 5.74) is 0.850. The zero-order valence-electron chi connectivity index (χ0n) is 13.4. The normalized spacial score (nSPS) is 18.4. The molecule has 23 heavy (non-hydrogen) atoms. The number of nitrogens with zero attached hydrogens (tertiary/aromatic N) is 1. The van der Waals surface area contributed by atoms with E-state index in [0.29, 0.717) is 19.7 Å². The molecular weight excluding hydrogens is 299 g/mol. The fourth-order valence-electron chi connectivity index (χ4n) is 2.71. The Labute approximate surface area is 135 Å². The van der Waals surface area contributed by atoms with Crippen molar-refractivity contribution >= 4 is 11.9 Å². The Hall–Kier alpha value is -1.95. The van der Waals surface area contributed by atoms with Gasteiger partial charge in [-0.3, -0.25) is 14.5 Å². The van der Waals surface area contributed by atoms with Crippen molar-refractivity contribution in [3.05, 3.63) is 35.6 Å². The number of halogens is 1. The van der Waals surface area contributed by atoms with E-state index in [2.05, 4.69) is 5.32 Å². The summed E-state index contributed by atoms with van der Waals surface area (Å²) < 4.78 is 17.9. The van der Waals surface area contributed by atoms with Crippen molar-refractivity contribution in [3.8, 4) is 0 Å². The minimum absolute atomic E-state index is 0.0983. The minimum Gasteiger partial charge on any atom is -0.466 e. The summed E-state index contributed by atoms with van der Waals surface area (Å²) in [5.74, 6) is -0.713. The van der Waals surface area contributed by atoms with Gasteiger partial charge in [-0.2, -0.15) is 0 Å². The van der Waals surface area contributed by atoms with E-state index in [1.54, 1.807) is 19.1 Å². The molecule has 0 radical (unpaired) electrons. The third kappa shape index (κ3) is 5.63. The average molecular weight is 322 g/mol. The van der Waals surface area contributed by atoms with Crippen LogP contribution in [0.4, 0.5) is 4.39 Å². The second-order valence-corrected chi connectivity index (χ2v) is 5.73. The first-order valence-electron chi connectivity index (χ1n) is 7.98. The summed E-state index contributed by atoms with van der Waals surface area (Å²) >= 11 is 0.